The van der Waals surface area contributed by atoms with Crippen molar-refractivity contribution in [1.82, 2.24) is 9.80 Å². The maximum Gasteiger partial charge on any atom is 0.258 e. The van der Waals surface area contributed by atoms with Crippen LogP contribution in [0.3, 0.4) is 0 Å². The molecule has 0 spiro atoms. The predicted octanol–water partition coefficient (Wildman–Crippen LogP) is 5.34. The minimum atomic E-state index is -0.0447. The van der Waals surface area contributed by atoms with Crippen molar-refractivity contribution in [2.75, 3.05) is 31.6 Å². The van der Waals surface area contributed by atoms with E-state index in [0.29, 0.717) is 17.6 Å². The molecule has 1 amide bonds. The summed E-state index contributed by atoms with van der Waals surface area (Å²) < 4.78 is 0. The van der Waals surface area contributed by atoms with Crippen LogP contribution in [-0.4, -0.2) is 59.6 Å². The Kier molecular flexibility index (Phi) is 7.69. The highest BCUT2D eigenvalue weighted by atomic mass is 16.3. The van der Waals surface area contributed by atoms with E-state index in [1.54, 1.807) is 18.0 Å². The molecule has 1 N–H and O–H groups in total. The fourth-order valence-electron chi connectivity index (χ4n) is 5.05. The van der Waals surface area contributed by atoms with Crippen LogP contribution < -0.4 is 4.90 Å². The Hall–Kier alpha value is -3.41. The Morgan fingerprint density at radius 2 is 1.71 bits per heavy atom. The lowest BCUT2D eigenvalue weighted by Crippen LogP contribution is -2.57. The summed E-state index contributed by atoms with van der Waals surface area (Å²) in [6, 6.07) is 25.8. The van der Waals surface area contributed by atoms with Crippen LogP contribution in [-0.2, 0) is 0 Å². The van der Waals surface area contributed by atoms with Crippen LogP contribution >= 0.6 is 0 Å². The number of amides is 1. The van der Waals surface area contributed by atoms with E-state index in [1.165, 1.54) is 0 Å². The molecular formula is C30H35N3O2. The van der Waals surface area contributed by atoms with E-state index in [0.717, 1.165) is 36.4 Å². The molecule has 5 nitrogen and oxygen atoms in total. The number of rotatable bonds is 7. The van der Waals surface area contributed by atoms with Gasteiger partial charge in [-0.1, -0.05) is 48.5 Å². The standard InChI is InChI=1S/C30H35N3O2/c1-5-18-32-20-23(3)33(21-22(32)2)29(26-10-9-13-28(34)19-26)24-14-16-25(17-15-24)30(35)31(4)27-11-7-6-8-12-27/h5-17,19,22-23,29,34H,1,18,20-21H2,2-4H3/t22-,23+,29+/m0/s1. The number of carbonyl (C=O) groups excluding carboxylic acids is 1. The van der Waals surface area contributed by atoms with Gasteiger partial charge < -0.3 is 10.0 Å². The van der Waals surface area contributed by atoms with E-state index >= 15 is 0 Å². The van der Waals surface area contributed by atoms with Crippen molar-refractivity contribution < 1.29 is 9.90 Å². The van der Waals surface area contributed by atoms with Crippen molar-refractivity contribution in [1.29, 1.82) is 0 Å². The Bertz CT molecular complexity index is 1150. The van der Waals surface area contributed by atoms with Crippen LogP contribution in [0.1, 0.15) is 41.4 Å². The summed E-state index contributed by atoms with van der Waals surface area (Å²) in [7, 11) is 1.80. The fourth-order valence-corrected chi connectivity index (χ4v) is 5.05. The first-order chi connectivity index (χ1) is 16.9. The van der Waals surface area contributed by atoms with Gasteiger partial charge in [0.05, 0.1) is 6.04 Å². The molecule has 4 rings (SSSR count). The molecule has 0 radical (unpaired) electrons. The summed E-state index contributed by atoms with van der Waals surface area (Å²) in [5.41, 5.74) is 3.65. The van der Waals surface area contributed by atoms with Gasteiger partial charge in [-0.3, -0.25) is 14.6 Å². The molecule has 35 heavy (non-hydrogen) atoms. The average molecular weight is 470 g/mol. The zero-order valence-corrected chi connectivity index (χ0v) is 20.8. The van der Waals surface area contributed by atoms with Gasteiger partial charge in [-0.05, 0) is 61.4 Å². The highest BCUT2D eigenvalue weighted by Gasteiger charge is 2.34. The second-order valence-electron chi connectivity index (χ2n) is 9.46. The summed E-state index contributed by atoms with van der Waals surface area (Å²) in [5, 5.41) is 10.2. The van der Waals surface area contributed by atoms with Gasteiger partial charge in [0, 0.05) is 50.0 Å². The largest absolute Gasteiger partial charge is 0.508 e. The van der Waals surface area contributed by atoms with E-state index < -0.39 is 0 Å². The maximum atomic E-state index is 13.1. The smallest absolute Gasteiger partial charge is 0.258 e. The van der Waals surface area contributed by atoms with Crippen LogP contribution in [0.4, 0.5) is 5.69 Å². The van der Waals surface area contributed by atoms with Gasteiger partial charge in [-0.2, -0.15) is 0 Å². The minimum Gasteiger partial charge on any atom is -0.508 e. The van der Waals surface area contributed by atoms with Crippen molar-refractivity contribution in [2.24, 2.45) is 0 Å². The number of hydrogen-bond donors (Lipinski definition) is 1. The van der Waals surface area contributed by atoms with Gasteiger partial charge in [0.2, 0.25) is 0 Å². The minimum absolute atomic E-state index is 0.0264. The number of para-hydroxylation sites is 1. The molecule has 1 aliphatic heterocycles. The Labute approximate surface area is 208 Å². The molecule has 3 atom stereocenters. The second-order valence-corrected chi connectivity index (χ2v) is 9.46. The fraction of sp³-hybridized carbons (Fsp3) is 0.300. The summed E-state index contributed by atoms with van der Waals surface area (Å²) in [6.45, 7) is 11.1. The third-order valence-electron chi connectivity index (χ3n) is 6.97. The number of nitrogens with zero attached hydrogens (tertiary/aromatic N) is 3. The molecule has 1 saturated heterocycles. The third kappa shape index (κ3) is 5.47. The van der Waals surface area contributed by atoms with Gasteiger partial charge in [-0.25, -0.2) is 0 Å². The van der Waals surface area contributed by atoms with Gasteiger partial charge in [0.1, 0.15) is 5.75 Å². The van der Waals surface area contributed by atoms with Crippen molar-refractivity contribution in [3.63, 3.8) is 0 Å². The number of benzene rings is 3. The summed E-state index contributed by atoms with van der Waals surface area (Å²) in [5.74, 6) is 0.214. The van der Waals surface area contributed by atoms with E-state index in [9.17, 15) is 9.90 Å². The molecule has 182 valence electrons. The number of aromatic hydroxyl groups is 1. The molecule has 0 aliphatic carbocycles. The molecule has 0 aromatic heterocycles. The quantitative estimate of drug-likeness (QED) is 0.475. The van der Waals surface area contributed by atoms with Crippen molar-refractivity contribution in [3.05, 3.63) is 108 Å². The molecule has 3 aromatic rings. The first-order valence-corrected chi connectivity index (χ1v) is 12.2. The normalized spacial score (nSPS) is 19.7. The Morgan fingerprint density at radius 1 is 1.00 bits per heavy atom. The van der Waals surface area contributed by atoms with Gasteiger partial charge >= 0.3 is 0 Å². The molecular weight excluding hydrogens is 434 g/mol. The van der Waals surface area contributed by atoms with E-state index in [4.69, 9.17) is 0 Å². The van der Waals surface area contributed by atoms with Crippen molar-refractivity contribution in [2.45, 2.75) is 32.0 Å². The first kappa shape index (κ1) is 24.7. The molecule has 0 unspecified atom stereocenters. The Morgan fingerprint density at radius 3 is 2.37 bits per heavy atom. The zero-order chi connectivity index (χ0) is 24.9. The van der Waals surface area contributed by atoms with Crippen LogP contribution in [0, 0.1) is 0 Å². The van der Waals surface area contributed by atoms with Crippen molar-refractivity contribution in [3.8, 4) is 5.75 Å². The number of piperazine rings is 1. The number of phenolic OH excluding ortho intramolecular Hbond substituents is 1. The maximum absolute atomic E-state index is 13.1. The Balaban J connectivity index is 1.64. The molecule has 1 aliphatic rings. The average Bonchev–Trinajstić information content (AvgIpc) is 2.87. The van der Waals surface area contributed by atoms with E-state index in [1.807, 2.05) is 72.8 Å². The topological polar surface area (TPSA) is 47.0 Å². The summed E-state index contributed by atoms with van der Waals surface area (Å²) >= 11 is 0. The second kappa shape index (κ2) is 10.9. The van der Waals surface area contributed by atoms with E-state index in [-0.39, 0.29) is 17.7 Å². The lowest BCUT2D eigenvalue weighted by molar-refractivity contribution is 0.0306. The first-order valence-electron chi connectivity index (χ1n) is 12.2. The van der Waals surface area contributed by atoms with Crippen LogP contribution in [0.5, 0.6) is 5.75 Å². The highest BCUT2D eigenvalue weighted by Crippen LogP contribution is 2.34. The van der Waals surface area contributed by atoms with E-state index in [2.05, 4.69) is 36.3 Å². The van der Waals surface area contributed by atoms with Gasteiger partial charge in [0.25, 0.3) is 5.91 Å². The monoisotopic (exact) mass is 469 g/mol. The van der Waals surface area contributed by atoms with Gasteiger partial charge in [-0.15, -0.1) is 6.58 Å². The molecule has 1 heterocycles. The lowest BCUT2D eigenvalue weighted by Gasteiger charge is -2.47. The molecule has 3 aromatic carbocycles. The molecule has 0 bridgehead atoms. The van der Waals surface area contributed by atoms with Crippen LogP contribution in [0.25, 0.3) is 0 Å². The van der Waals surface area contributed by atoms with Crippen molar-refractivity contribution >= 4 is 11.6 Å². The number of anilines is 1. The molecule has 0 saturated carbocycles. The SMILES string of the molecule is C=CCN1C[C@@H](C)N([C@H](c2ccc(C(=O)N(C)c3ccccc3)cc2)c2cccc(O)c2)C[C@@H]1C. The number of hydrogen-bond acceptors (Lipinski definition) is 4. The molecule has 1 fully saturated rings. The van der Waals surface area contributed by atoms with Gasteiger partial charge in [0.15, 0.2) is 0 Å². The van der Waals surface area contributed by atoms with Crippen LogP contribution in [0.2, 0.25) is 0 Å². The summed E-state index contributed by atoms with van der Waals surface area (Å²) in [4.78, 5) is 19.7. The summed E-state index contributed by atoms with van der Waals surface area (Å²) in [6.07, 6.45) is 1.97. The molecule has 5 heteroatoms. The lowest BCUT2D eigenvalue weighted by atomic mass is 9.92. The zero-order valence-electron chi connectivity index (χ0n) is 20.8. The predicted molar refractivity (Wildman–Crippen MR) is 143 cm³/mol. The highest BCUT2D eigenvalue weighted by molar-refractivity contribution is 6.05. The number of phenols is 1. The van der Waals surface area contributed by atoms with Crippen LogP contribution in [0.15, 0.2) is 91.5 Å². The number of carbonyl (C=O) groups is 1. The third-order valence-corrected chi connectivity index (χ3v) is 6.97.